The van der Waals surface area contributed by atoms with E-state index in [1.165, 1.54) is 6.20 Å². The van der Waals surface area contributed by atoms with Gasteiger partial charge in [0, 0.05) is 42.5 Å². The highest BCUT2D eigenvalue weighted by atomic mass is 19.4. The number of hydrogen-bond acceptors (Lipinski definition) is 7. The molecule has 6 rings (SSSR count). The van der Waals surface area contributed by atoms with Crippen molar-refractivity contribution in [3.8, 4) is 22.5 Å². The van der Waals surface area contributed by atoms with Crippen LogP contribution in [0.4, 0.5) is 19.1 Å². The Hall–Kier alpha value is -3.47. The Balaban J connectivity index is 1.39. The minimum atomic E-state index is -4.60. The molecule has 2 fully saturated rings. The molecule has 0 radical (unpaired) electrons. The predicted molar refractivity (Wildman–Crippen MR) is 124 cm³/mol. The van der Waals surface area contributed by atoms with E-state index in [9.17, 15) is 13.2 Å². The molecule has 182 valence electrons. The van der Waals surface area contributed by atoms with Crippen LogP contribution in [0.3, 0.4) is 0 Å². The zero-order valence-corrected chi connectivity index (χ0v) is 19.3. The first-order valence-electron chi connectivity index (χ1n) is 11.6. The molecular formula is C24H24F3N7O. The van der Waals surface area contributed by atoms with E-state index < -0.39 is 11.7 Å². The largest absolute Gasteiger partial charge is 0.419 e. The van der Waals surface area contributed by atoms with E-state index in [-0.39, 0.29) is 17.7 Å². The lowest BCUT2D eigenvalue weighted by atomic mass is 9.97. The lowest BCUT2D eigenvalue weighted by molar-refractivity contribution is -0.137. The van der Waals surface area contributed by atoms with E-state index in [2.05, 4.69) is 35.3 Å². The van der Waals surface area contributed by atoms with Crippen molar-refractivity contribution in [3.05, 3.63) is 41.5 Å². The molecule has 1 unspecified atom stereocenters. The van der Waals surface area contributed by atoms with Gasteiger partial charge in [-0.05, 0) is 51.3 Å². The number of H-pyrrole nitrogens is 1. The Labute approximate surface area is 199 Å². The van der Waals surface area contributed by atoms with E-state index in [4.69, 9.17) is 4.52 Å². The van der Waals surface area contributed by atoms with Crippen LogP contribution in [-0.2, 0) is 6.18 Å². The van der Waals surface area contributed by atoms with Gasteiger partial charge in [-0.25, -0.2) is 15.0 Å². The van der Waals surface area contributed by atoms with Gasteiger partial charge in [-0.1, -0.05) is 5.16 Å². The second-order valence-electron chi connectivity index (χ2n) is 9.44. The maximum absolute atomic E-state index is 13.9. The van der Waals surface area contributed by atoms with Crippen LogP contribution in [0.2, 0.25) is 0 Å². The number of nitrogens with one attached hydrogen (secondary N) is 2. The molecule has 4 aromatic rings. The van der Waals surface area contributed by atoms with Crippen LogP contribution in [0.1, 0.15) is 29.9 Å². The summed E-state index contributed by atoms with van der Waals surface area (Å²) in [6, 6.07) is 3.62. The average molecular weight is 483 g/mol. The molecule has 0 amide bonds. The van der Waals surface area contributed by atoms with Crippen LogP contribution in [0.5, 0.6) is 0 Å². The van der Waals surface area contributed by atoms with Crippen molar-refractivity contribution in [1.29, 1.82) is 0 Å². The number of fused-ring (bicyclic) bond motifs is 3. The van der Waals surface area contributed by atoms with Gasteiger partial charge in [0.1, 0.15) is 17.0 Å². The van der Waals surface area contributed by atoms with Gasteiger partial charge >= 0.3 is 6.18 Å². The molecule has 2 N–H and O–H groups in total. The van der Waals surface area contributed by atoms with Crippen LogP contribution < -0.4 is 5.32 Å². The highest BCUT2D eigenvalue weighted by Crippen LogP contribution is 2.39. The molecule has 2 saturated heterocycles. The summed E-state index contributed by atoms with van der Waals surface area (Å²) in [5.41, 5.74) is 1.81. The molecule has 11 heteroatoms. The number of alkyl halides is 3. The molecule has 8 nitrogen and oxygen atoms in total. The van der Waals surface area contributed by atoms with E-state index >= 15 is 0 Å². The highest BCUT2D eigenvalue weighted by Gasteiger charge is 2.37. The fraction of sp³-hybridized carbons (Fsp3) is 0.417. The van der Waals surface area contributed by atoms with Crippen molar-refractivity contribution in [2.24, 2.45) is 5.92 Å². The van der Waals surface area contributed by atoms with Crippen LogP contribution in [0, 0.1) is 19.8 Å². The standard InChI is InChI=1S/C24H24F3N7O/c1-12-20(13(2)35-33-12)19-4-3-16-17(8-28-22(16)31-19)21-18(24(25,26)27)9-29-23(32-21)30-15-7-14-5-6-34(10-14)11-15/h3-4,8-9,14-15H,5-7,10-11H2,1-2H3,(H,28,31)(H,29,30,32)/t14-,15+/m1/s1. The molecule has 2 aliphatic heterocycles. The summed E-state index contributed by atoms with van der Waals surface area (Å²) in [6.07, 6.45) is -0.0834. The Morgan fingerprint density at radius 3 is 2.77 bits per heavy atom. The van der Waals surface area contributed by atoms with Gasteiger partial charge in [0.05, 0.1) is 22.6 Å². The predicted octanol–water partition coefficient (Wildman–Crippen LogP) is 4.82. The monoisotopic (exact) mass is 483 g/mol. The van der Waals surface area contributed by atoms with Crippen molar-refractivity contribution in [1.82, 2.24) is 30.0 Å². The fourth-order valence-corrected chi connectivity index (χ4v) is 5.40. The number of aromatic nitrogens is 5. The summed E-state index contributed by atoms with van der Waals surface area (Å²) < 4.78 is 47.0. The molecule has 0 saturated carbocycles. The van der Waals surface area contributed by atoms with E-state index in [1.807, 2.05) is 6.92 Å². The van der Waals surface area contributed by atoms with Gasteiger partial charge in [-0.15, -0.1) is 0 Å². The third kappa shape index (κ3) is 3.93. The Bertz CT molecular complexity index is 1380. The summed E-state index contributed by atoms with van der Waals surface area (Å²) in [5, 5.41) is 7.77. The van der Waals surface area contributed by atoms with Crippen molar-refractivity contribution in [2.45, 2.75) is 38.9 Å². The third-order valence-electron chi connectivity index (χ3n) is 6.98. The van der Waals surface area contributed by atoms with Crippen LogP contribution in [0.15, 0.2) is 29.0 Å². The van der Waals surface area contributed by atoms with E-state index in [1.54, 1.807) is 19.1 Å². The molecule has 3 atom stereocenters. The second-order valence-corrected chi connectivity index (χ2v) is 9.44. The summed E-state index contributed by atoms with van der Waals surface area (Å²) >= 11 is 0. The number of pyridine rings is 1. The number of nitrogens with zero attached hydrogens (tertiary/aromatic N) is 5. The lowest BCUT2D eigenvalue weighted by Crippen LogP contribution is -2.41. The zero-order chi connectivity index (χ0) is 24.3. The molecule has 4 aromatic heterocycles. The first-order valence-corrected chi connectivity index (χ1v) is 11.6. The Kier molecular flexibility index (Phi) is 5.06. The number of aromatic amines is 1. The molecular weight excluding hydrogens is 459 g/mol. The summed E-state index contributed by atoms with van der Waals surface area (Å²) in [5.74, 6) is 1.44. The number of piperidine rings is 1. The van der Waals surface area contributed by atoms with Gasteiger partial charge in [0.15, 0.2) is 0 Å². The summed E-state index contributed by atoms with van der Waals surface area (Å²) in [4.78, 5) is 18.4. The normalized spacial score (nSPS) is 22.1. The van der Waals surface area contributed by atoms with E-state index in [0.29, 0.717) is 39.7 Å². The molecule has 0 aromatic carbocycles. The quantitative estimate of drug-likeness (QED) is 0.430. The second kappa shape index (κ2) is 8.04. The number of halogens is 3. The number of hydrogen-bond donors (Lipinski definition) is 2. The minimum absolute atomic E-state index is 0.114. The van der Waals surface area contributed by atoms with Crippen LogP contribution in [-0.4, -0.2) is 55.7 Å². The molecule has 6 heterocycles. The topological polar surface area (TPSA) is 95.8 Å². The van der Waals surface area contributed by atoms with Crippen molar-refractivity contribution in [3.63, 3.8) is 0 Å². The molecule has 2 bridgehead atoms. The third-order valence-corrected chi connectivity index (χ3v) is 6.98. The molecule has 0 spiro atoms. The lowest BCUT2D eigenvalue weighted by Gasteiger charge is -2.30. The smallest absolute Gasteiger partial charge is 0.361 e. The van der Waals surface area contributed by atoms with Gasteiger partial charge in [0.2, 0.25) is 5.95 Å². The number of anilines is 1. The van der Waals surface area contributed by atoms with Crippen LogP contribution in [0.25, 0.3) is 33.5 Å². The zero-order valence-electron chi connectivity index (χ0n) is 19.3. The van der Waals surface area contributed by atoms with Gasteiger partial charge in [-0.3, -0.25) is 0 Å². The molecule has 0 aliphatic carbocycles. The average Bonchev–Trinajstić information content (AvgIpc) is 3.49. The Morgan fingerprint density at radius 2 is 2.03 bits per heavy atom. The minimum Gasteiger partial charge on any atom is -0.361 e. The molecule has 2 aliphatic rings. The van der Waals surface area contributed by atoms with Gasteiger partial charge in [0.25, 0.3) is 0 Å². The first-order chi connectivity index (χ1) is 16.8. The number of aryl methyl sites for hydroxylation is 2. The van der Waals surface area contributed by atoms with Crippen molar-refractivity contribution >= 4 is 17.0 Å². The van der Waals surface area contributed by atoms with Gasteiger partial charge in [-0.2, -0.15) is 13.2 Å². The SMILES string of the molecule is Cc1noc(C)c1-c1ccc2c(-c3nc(N[C@H]4C[C@H]5CCN(C5)C4)ncc3C(F)(F)F)c[nH]c2n1. The fourth-order valence-electron chi connectivity index (χ4n) is 5.40. The Morgan fingerprint density at radius 1 is 1.17 bits per heavy atom. The van der Waals surface area contributed by atoms with Crippen LogP contribution >= 0.6 is 0 Å². The summed E-state index contributed by atoms with van der Waals surface area (Å²) in [6.45, 7) is 6.62. The first kappa shape index (κ1) is 22.0. The number of rotatable bonds is 4. The molecule has 35 heavy (non-hydrogen) atoms. The highest BCUT2D eigenvalue weighted by molar-refractivity contribution is 5.94. The van der Waals surface area contributed by atoms with Crippen molar-refractivity contribution in [2.75, 3.05) is 25.0 Å². The maximum Gasteiger partial charge on any atom is 0.419 e. The summed E-state index contributed by atoms with van der Waals surface area (Å²) in [7, 11) is 0. The van der Waals surface area contributed by atoms with Gasteiger partial charge < -0.3 is 19.7 Å². The van der Waals surface area contributed by atoms with Crippen molar-refractivity contribution < 1.29 is 17.7 Å². The maximum atomic E-state index is 13.9. The van der Waals surface area contributed by atoms with E-state index in [0.717, 1.165) is 44.2 Å².